The van der Waals surface area contributed by atoms with Crippen LogP contribution in [0.5, 0.6) is 0 Å². The summed E-state index contributed by atoms with van der Waals surface area (Å²) in [7, 11) is 4.01. The number of hydrogen-bond acceptors (Lipinski definition) is 3. The van der Waals surface area contributed by atoms with Crippen molar-refractivity contribution in [2.45, 2.75) is 19.9 Å². The van der Waals surface area contributed by atoms with Crippen LogP contribution in [-0.4, -0.2) is 19.1 Å². The first-order chi connectivity index (χ1) is 9.08. The van der Waals surface area contributed by atoms with Crippen molar-refractivity contribution in [1.29, 1.82) is 0 Å². The summed E-state index contributed by atoms with van der Waals surface area (Å²) < 4.78 is 0. The molecule has 0 aliphatic heterocycles. The lowest BCUT2D eigenvalue weighted by molar-refractivity contribution is 0.878. The predicted octanol–water partition coefficient (Wildman–Crippen LogP) is 3.63. The van der Waals surface area contributed by atoms with Crippen LogP contribution < -0.4 is 10.2 Å². The zero-order valence-corrected chi connectivity index (χ0v) is 12.0. The molecule has 2 aromatic rings. The smallest absolute Gasteiger partial charge is 0.151 e. The van der Waals surface area contributed by atoms with Crippen molar-refractivity contribution in [2.24, 2.45) is 0 Å². The first-order valence-electron chi connectivity index (χ1n) is 6.53. The summed E-state index contributed by atoms with van der Waals surface area (Å²) >= 11 is 0. The van der Waals surface area contributed by atoms with Gasteiger partial charge in [-0.1, -0.05) is 29.8 Å². The minimum atomic E-state index is 0.253. The number of nitrogens with zero attached hydrogens (tertiary/aromatic N) is 2. The molecule has 1 atom stereocenters. The summed E-state index contributed by atoms with van der Waals surface area (Å²) in [5.74, 6) is 0.960. The molecule has 0 radical (unpaired) electrons. The zero-order valence-electron chi connectivity index (χ0n) is 12.0. The first-order valence-corrected chi connectivity index (χ1v) is 6.53. The van der Waals surface area contributed by atoms with Crippen molar-refractivity contribution >= 4 is 11.5 Å². The van der Waals surface area contributed by atoms with Crippen molar-refractivity contribution in [2.75, 3.05) is 24.3 Å². The third-order valence-corrected chi connectivity index (χ3v) is 3.12. The van der Waals surface area contributed by atoms with Gasteiger partial charge in [0.1, 0.15) is 0 Å². The third-order valence-electron chi connectivity index (χ3n) is 3.12. The highest BCUT2D eigenvalue weighted by molar-refractivity contribution is 5.65. The molecule has 0 fully saturated rings. The number of rotatable bonds is 4. The maximum Gasteiger partial charge on any atom is 0.151 e. The van der Waals surface area contributed by atoms with Gasteiger partial charge >= 0.3 is 0 Å². The molecule has 19 heavy (non-hydrogen) atoms. The van der Waals surface area contributed by atoms with Crippen molar-refractivity contribution < 1.29 is 0 Å². The Morgan fingerprint density at radius 3 is 2.63 bits per heavy atom. The number of aromatic nitrogens is 1. The van der Waals surface area contributed by atoms with E-state index in [9.17, 15) is 0 Å². The lowest BCUT2D eigenvalue weighted by Gasteiger charge is -2.21. The highest BCUT2D eigenvalue weighted by Gasteiger charge is 2.10. The molecule has 1 unspecified atom stereocenters. The quantitative estimate of drug-likeness (QED) is 0.904. The van der Waals surface area contributed by atoms with E-state index in [1.807, 2.05) is 31.3 Å². The fourth-order valence-electron chi connectivity index (χ4n) is 2.12. The largest absolute Gasteiger partial charge is 0.376 e. The number of hydrogen-bond donors (Lipinski definition) is 1. The van der Waals surface area contributed by atoms with Crippen molar-refractivity contribution in [3.8, 4) is 0 Å². The highest BCUT2D eigenvalue weighted by Crippen LogP contribution is 2.26. The number of pyridine rings is 1. The number of anilines is 2. The molecule has 1 heterocycles. The molecule has 0 aliphatic carbocycles. The van der Waals surface area contributed by atoms with Gasteiger partial charge < -0.3 is 10.2 Å². The first kappa shape index (κ1) is 13.4. The Labute approximate surface area is 115 Å². The normalized spacial score (nSPS) is 12.0. The van der Waals surface area contributed by atoms with E-state index in [-0.39, 0.29) is 6.04 Å². The van der Waals surface area contributed by atoms with Crippen LogP contribution >= 0.6 is 0 Å². The third kappa shape index (κ3) is 3.25. The van der Waals surface area contributed by atoms with E-state index in [0.29, 0.717) is 0 Å². The summed E-state index contributed by atoms with van der Waals surface area (Å²) in [6.07, 6.45) is 1.82. The van der Waals surface area contributed by atoms with E-state index in [0.717, 1.165) is 11.5 Å². The maximum atomic E-state index is 4.41. The summed E-state index contributed by atoms with van der Waals surface area (Å²) in [5, 5.41) is 3.53. The standard InChI is InChI=1S/C16H21N3/c1-12-7-5-8-14(11-12)13(2)18-15-9-6-10-17-16(15)19(3)4/h5-11,13,18H,1-4H3. The Hall–Kier alpha value is -2.03. The van der Waals surface area contributed by atoms with Gasteiger partial charge in [0.25, 0.3) is 0 Å². The van der Waals surface area contributed by atoms with Gasteiger partial charge in [0.2, 0.25) is 0 Å². The van der Waals surface area contributed by atoms with Crippen LogP contribution in [-0.2, 0) is 0 Å². The number of benzene rings is 1. The molecule has 3 heteroatoms. The van der Waals surface area contributed by atoms with Gasteiger partial charge in [0, 0.05) is 26.3 Å². The summed E-state index contributed by atoms with van der Waals surface area (Å²) in [6.45, 7) is 4.28. The molecule has 2 rings (SSSR count). The maximum absolute atomic E-state index is 4.41. The van der Waals surface area contributed by atoms with Crippen LogP contribution in [0, 0.1) is 6.92 Å². The molecule has 1 aromatic heterocycles. The van der Waals surface area contributed by atoms with E-state index in [2.05, 4.69) is 54.5 Å². The van der Waals surface area contributed by atoms with Gasteiger partial charge in [-0.3, -0.25) is 0 Å². The molecule has 0 aliphatic rings. The molecule has 3 nitrogen and oxygen atoms in total. The van der Waals surface area contributed by atoms with E-state index >= 15 is 0 Å². The van der Waals surface area contributed by atoms with Crippen LogP contribution in [0.2, 0.25) is 0 Å². The van der Waals surface area contributed by atoms with E-state index < -0.39 is 0 Å². The topological polar surface area (TPSA) is 28.2 Å². The SMILES string of the molecule is Cc1cccc(C(C)Nc2cccnc2N(C)C)c1. The summed E-state index contributed by atoms with van der Waals surface area (Å²) in [6, 6.07) is 12.8. The Kier molecular flexibility index (Phi) is 4.05. The molecule has 0 spiro atoms. The molecule has 0 amide bonds. The second-order valence-corrected chi connectivity index (χ2v) is 5.05. The minimum Gasteiger partial charge on any atom is -0.376 e. The fraction of sp³-hybridized carbons (Fsp3) is 0.312. The molecule has 100 valence electrons. The van der Waals surface area contributed by atoms with Crippen molar-refractivity contribution in [1.82, 2.24) is 4.98 Å². The molecule has 0 saturated carbocycles. The number of nitrogens with one attached hydrogen (secondary N) is 1. The van der Waals surface area contributed by atoms with Crippen LogP contribution in [0.25, 0.3) is 0 Å². The average molecular weight is 255 g/mol. The van der Waals surface area contributed by atoms with Crippen molar-refractivity contribution in [3.05, 3.63) is 53.7 Å². The van der Waals surface area contributed by atoms with Gasteiger partial charge in [0.05, 0.1) is 5.69 Å². The van der Waals surface area contributed by atoms with E-state index in [1.165, 1.54) is 11.1 Å². The zero-order chi connectivity index (χ0) is 13.8. The van der Waals surface area contributed by atoms with Gasteiger partial charge in [-0.2, -0.15) is 0 Å². The van der Waals surface area contributed by atoms with Gasteiger partial charge in [-0.25, -0.2) is 4.98 Å². The number of aryl methyl sites for hydroxylation is 1. The minimum absolute atomic E-state index is 0.253. The lowest BCUT2D eigenvalue weighted by Crippen LogP contribution is -2.15. The Morgan fingerprint density at radius 2 is 1.95 bits per heavy atom. The lowest BCUT2D eigenvalue weighted by atomic mass is 10.1. The molecule has 0 bridgehead atoms. The molecular formula is C16H21N3. The predicted molar refractivity (Wildman–Crippen MR) is 81.8 cm³/mol. The van der Waals surface area contributed by atoms with Gasteiger partial charge in [-0.15, -0.1) is 0 Å². The Balaban J connectivity index is 2.22. The van der Waals surface area contributed by atoms with Gasteiger partial charge in [0.15, 0.2) is 5.82 Å². The molecule has 1 aromatic carbocycles. The highest BCUT2D eigenvalue weighted by atomic mass is 15.2. The molecular weight excluding hydrogens is 234 g/mol. The van der Waals surface area contributed by atoms with E-state index in [1.54, 1.807) is 0 Å². The second-order valence-electron chi connectivity index (χ2n) is 5.05. The van der Waals surface area contributed by atoms with Crippen LogP contribution in [0.15, 0.2) is 42.6 Å². The second kappa shape index (κ2) is 5.74. The Bertz CT molecular complexity index is 549. The van der Waals surface area contributed by atoms with Crippen LogP contribution in [0.4, 0.5) is 11.5 Å². The van der Waals surface area contributed by atoms with Crippen LogP contribution in [0.3, 0.4) is 0 Å². The average Bonchev–Trinajstić information content (AvgIpc) is 2.39. The molecule has 0 saturated heterocycles. The summed E-state index contributed by atoms with van der Waals surface area (Å²) in [4.78, 5) is 6.43. The fourth-order valence-corrected chi connectivity index (χ4v) is 2.12. The Morgan fingerprint density at radius 1 is 1.16 bits per heavy atom. The molecule has 1 N–H and O–H groups in total. The van der Waals surface area contributed by atoms with Crippen molar-refractivity contribution in [3.63, 3.8) is 0 Å². The summed E-state index contributed by atoms with van der Waals surface area (Å²) in [5.41, 5.74) is 3.63. The van der Waals surface area contributed by atoms with Crippen LogP contribution in [0.1, 0.15) is 24.1 Å². The van der Waals surface area contributed by atoms with E-state index in [4.69, 9.17) is 0 Å². The van der Waals surface area contributed by atoms with Gasteiger partial charge in [-0.05, 0) is 31.5 Å². The monoisotopic (exact) mass is 255 g/mol.